The van der Waals surface area contributed by atoms with E-state index in [9.17, 15) is 4.39 Å². The summed E-state index contributed by atoms with van der Waals surface area (Å²) >= 11 is 3.18. The molecule has 1 unspecified atom stereocenters. The first kappa shape index (κ1) is 15.0. The number of nitrogens with two attached hydrogens (primary N) is 1. The van der Waals surface area contributed by atoms with Gasteiger partial charge in [0.05, 0.1) is 16.6 Å². The van der Waals surface area contributed by atoms with Crippen molar-refractivity contribution in [2.24, 2.45) is 5.73 Å². The third kappa shape index (κ3) is 3.58. The van der Waals surface area contributed by atoms with Crippen molar-refractivity contribution in [2.75, 3.05) is 0 Å². The molecule has 0 saturated heterocycles. The third-order valence-corrected chi connectivity index (χ3v) is 3.52. The highest BCUT2D eigenvalue weighted by Gasteiger charge is 2.11. The molecule has 2 aromatic rings. The quantitative estimate of drug-likeness (QED) is 0.895. The number of benzene rings is 2. The second kappa shape index (κ2) is 6.37. The van der Waals surface area contributed by atoms with Crippen LogP contribution in [0, 0.1) is 5.82 Å². The number of ether oxygens (including phenoxy) is 1. The molecule has 106 valence electrons. The van der Waals surface area contributed by atoms with Crippen molar-refractivity contribution in [2.45, 2.75) is 26.0 Å². The van der Waals surface area contributed by atoms with Gasteiger partial charge in [-0.1, -0.05) is 18.2 Å². The van der Waals surface area contributed by atoms with Crippen molar-refractivity contribution in [3.63, 3.8) is 0 Å². The first-order valence-corrected chi connectivity index (χ1v) is 7.24. The van der Waals surface area contributed by atoms with Gasteiger partial charge in [-0.3, -0.25) is 0 Å². The lowest BCUT2D eigenvalue weighted by molar-refractivity contribution is 0.242. The molecule has 0 aliphatic rings. The molecule has 2 N–H and O–H groups in total. The first-order chi connectivity index (χ1) is 9.47. The molecule has 4 heteroatoms. The molecule has 0 aromatic heterocycles. The number of halogens is 2. The van der Waals surface area contributed by atoms with E-state index >= 15 is 0 Å². The van der Waals surface area contributed by atoms with Crippen molar-refractivity contribution in [1.29, 1.82) is 0 Å². The Labute approximate surface area is 126 Å². The van der Waals surface area contributed by atoms with Gasteiger partial charge in [-0.15, -0.1) is 0 Å². The van der Waals surface area contributed by atoms with Crippen LogP contribution in [0.15, 0.2) is 46.9 Å². The average molecular weight is 338 g/mol. The molecule has 2 aromatic carbocycles. The maximum Gasteiger partial charge on any atom is 0.137 e. The summed E-state index contributed by atoms with van der Waals surface area (Å²) in [5, 5.41) is 0. The second-order valence-electron chi connectivity index (χ2n) is 4.89. The zero-order chi connectivity index (χ0) is 14.7. The standard InChI is InChI=1S/C16H17BrFNO/c1-10(2)20-13-6-3-11(4-7-13)16(19)12-5-8-15(18)14(17)9-12/h3-10,16H,19H2,1-2H3. The summed E-state index contributed by atoms with van der Waals surface area (Å²) in [6.45, 7) is 3.96. The van der Waals surface area contributed by atoms with Crippen LogP contribution in [-0.4, -0.2) is 6.10 Å². The Bertz CT molecular complexity index is 584. The smallest absolute Gasteiger partial charge is 0.137 e. The molecule has 0 saturated carbocycles. The van der Waals surface area contributed by atoms with E-state index < -0.39 is 0 Å². The molecule has 0 radical (unpaired) electrons. The molecule has 0 heterocycles. The summed E-state index contributed by atoms with van der Waals surface area (Å²) < 4.78 is 19.2. The van der Waals surface area contributed by atoms with Gasteiger partial charge >= 0.3 is 0 Å². The molecular formula is C16H17BrFNO. The summed E-state index contributed by atoms with van der Waals surface area (Å²) in [4.78, 5) is 0. The fraction of sp³-hybridized carbons (Fsp3) is 0.250. The Morgan fingerprint density at radius 3 is 2.20 bits per heavy atom. The van der Waals surface area contributed by atoms with Crippen LogP contribution >= 0.6 is 15.9 Å². The zero-order valence-electron chi connectivity index (χ0n) is 11.4. The van der Waals surface area contributed by atoms with E-state index in [1.807, 2.05) is 38.1 Å². The highest BCUT2D eigenvalue weighted by atomic mass is 79.9. The fourth-order valence-corrected chi connectivity index (χ4v) is 2.32. The van der Waals surface area contributed by atoms with Gasteiger partial charge in [0.1, 0.15) is 11.6 Å². The molecule has 20 heavy (non-hydrogen) atoms. The zero-order valence-corrected chi connectivity index (χ0v) is 13.0. The summed E-state index contributed by atoms with van der Waals surface area (Å²) in [5.74, 6) is 0.526. The predicted octanol–water partition coefficient (Wildman–Crippen LogP) is 4.42. The van der Waals surface area contributed by atoms with Crippen LogP contribution in [0.3, 0.4) is 0 Å². The largest absolute Gasteiger partial charge is 0.491 e. The molecule has 0 fully saturated rings. The Morgan fingerprint density at radius 1 is 1.05 bits per heavy atom. The summed E-state index contributed by atoms with van der Waals surface area (Å²) in [7, 11) is 0. The summed E-state index contributed by atoms with van der Waals surface area (Å²) in [5.41, 5.74) is 8.02. The van der Waals surface area contributed by atoms with Crippen LogP contribution in [-0.2, 0) is 0 Å². The fourth-order valence-electron chi connectivity index (χ4n) is 1.92. The molecule has 2 nitrogen and oxygen atoms in total. The van der Waals surface area contributed by atoms with E-state index in [2.05, 4.69) is 15.9 Å². The van der Waals surface area contributed by atoms with Crippen LogP contribution in [0.2, 0.25) is 0 Å². The minimum absolute atomic E-state index is 0.141. The second-order valence-corrected chi connectivity index (χ2v) is 5.74. The lowest BCUT2D eigenvalue weighted by atomic mass is 9.99. The Balaban J connectivity index is 2.20. The average Bonchev–Trinajstić information content (AvgIpc) is 2.41. The monoisotopic (exact) mass is 337 g/mol. The Morgan fingerprint density at radius 2 is 1.65 bits per heavy atom. The van der Waals surface area contributed by atoms with Gasteiger partial charge in [-0.05, 0) is 65.2 Å². The predicted molar refractivity (Wildman–Crippen MR) is 82.3 cm³/mol. The van der Waals surface area contributed by atoms with E-state index in [0.717, 1.165) is 16.9 Å². The van der Waals surface area contributed by atoms with E-state index in [0.29, 0.717) is 4.47 Å². The lowest BCUT2D eigenvalue weighted by Gasteiger charge is -2.15. The SMILES string of the molecule is CC(C)Oc1ccc(C(N)c2ccc(F)c(Br)c2)cc1. The maximum absolute atomic E-state index is 13.2. The van der Waals surface area contributed by atoms with Gasteiger partial charge < -0.3 is 10.5 Å². The van der Waals surface area contributed by atoms with Crippen molar-refractivity contribution >= 4 is 15.9 Å². The molecule has 0 aliphatic carbocycles. The van der Waals surface area contributed by atoms with Crippen molar-refractivity contribution in [3.05, 3.63) is 63.9 Å². The number of hydrogen-bond acceptors (Lipinski definition) is 2. The Hall–Kier alpha value is -1.39. The molecular weight excluding hydrogens is 321 g/mol. The molecule has 0 amide bonds. The van der Waals surface area contributed by atoms with Gasteiger partial charge in [-0.2, -0.15) is 0 Å². The van der Waals surface area contributed by atoms with Crippen LogP contribution in [0.5, 0.6) is 5.75 Å². The van der Waals surface area contributed by atoms with Crippen LogP contribution < -0.4 is 10.5 Å². The van der Waals surface area contributed by atoms with E-state index in [1.54, 1.807) is 12.1 Å². The topological polar surface area (TPSA) is 35.2 Å². The van der Waals surface area contributed by atoms with E-state index in [4.69, 9.17) is 10.5 Å². The lowest BCUT2D eigenvalue weighted by Crippen LogP contribution is -2.12. The third-order valence-electron chi connectivity index (χ3n) is 2.91. The van der Waals surface area contributed by atoms with E-state index in [1.165, 1.54) is 6.07 Å². The van der Waals surface area contributed by atoms with Gasteiger partial charge in [0.2, 0.25) is 0 Å². The van der Waals surface area contributed by atoms with Crippen molar-refractivity contribution in [1.82, 2.24) is 0 Å². The number of hydrogen-bond donors (Lipinski definition) is 1. The molecule has 0 spiro atoms. The number of rotatable bonds is 4. The van der Waals surface area contributed by atoms with Crippen LogP contribution in [0.25, 0.3) is 0 Å². The van der Waals surface area contributed by atoms with Crippen molar-refractivity contribution in [3.8, 4) is 5.75 Å². The van der Waals surface area contributed by atoms with Gasteiger partial charge in [0.15, 0.2) is 0 Å². The van der Waals surface area contributed by atoms with Gasteiger partial charge in [0, 0.05) is 0 Å². The molecule has 2 rings (SSSR count). The molecule has 1 atom stereocenters. The van der Waals surface area contributed by atoms with Crippen molar-refractivity contribution < 1.29 is 9.13 Å². The summed E-state index contributed by atoms with van der Waals surface area (Å²) in [6.07, 6.45) is 0.141. The highest BCUT2D eigenvalue weighted by molar-refractivity contribution is 9.10. The van der Waals surface area contributed by atoms with Crippen LogP contribution in [0.1, 0.15) is 31.0 Å². The minimum Gasteiger partial charge on any atom is -0.491 e. The van der Waals surface area contributed by atoms with E-state index in [-0.39, 0.29) is 18.0 Å². The summed E-state index contributed by atoms with van der Waals surface area (Å²) in [6, 6.07) is 12.2. The molecule has 0 bridgehead atoms. The van der Waals surface area contributed by atoms with Gasteiger partial charge in [-0.25, -0.2) is 4.39 Å². The first-order valence-electron chi connectivity index (χ1n) is 6.44. The van der Waals surface area contributed by atoms with Gasteiger partial charge in [0.25, 0.3) is 0 Å². The Kier molecular flexibility index (Phi) is 4.78. The minimum atomic E-state index is -0.292. The molecule has 0 aliphatic heterocycles. The highest BCUT2D eigenvalue weighted by Crippen LogP contribution is 2.26. The normalized spacial score (nSPS) is 12.5. The maximum atomic E-state index is 13.2. The van der Waals surface area contributed by atoms with Crippen LogP contribution in [0.4, 0.5) is 4.39 Å².